The summed E-state index contributed by atoms with van der Waals surface area (Å²) in [6.07, 6.45) is 1.44. The van der Waals surface area contributed by atoms with Gasteiger partial charge >= 0.3 is 0 Å². The molecule has 0 aliphatic carbocycles. The van der Waals surface area contributed by atoms with Crippen LogP contribution in [0.25, 0.3) is 0 Å². The van der Waals surface area contributed by atoms with Crippen LogP contribution in [0.1, 0.15) is 20.9 Å². The first-order valence-electron chi connectivity index (χ1n) is 9.30. The van der Waals surface area contributed by atoms with Crippen LogP contribution in [0.2, 0.25) is 0 Å². The minimum atomic E-state index is -1.08. The van der Waals surface area contributed by atoms with Crippen LogP contribution in [-0.4, -0.2) is 71.7 Å². The van der Waals surface area contributed by atoms with Gasteiger partial charge in [-0.05, 0) is 30.3 Å². The van der Waals surface area contributed by atoms with E-state index in [1.54, 1.807) is 21.9 Å². The van der Waals surface area contributed by atoms with Gasteiger partial charge in [0.15, 0.2) is 17.4 Å². The summed E-state index contributed by atoms with van der Waals surface area (Å²) in [6.45, 7) is 2.13. The van der Waals surface area contributed by atoms with Crippen LogP contribution >= 0.6 is 0 Å². The Morgan fingerprint density at radius 2 is 1.55 bits per heavy atom. The first kappa shape index (κ1) is 19.1. The Bertz CT molecular complexity index is 933. The first-order valence-corrected chi connectivity index (χ1v) is 9.30. The van der Waals surface area contributed by atoms with E-state index in [4.69, 9.17) is 4.42 Å². The Balaban J connectivity index is 1.27. The Morgan fingerprint density at radius 3 is 2.17 bits per heavy atom. The molecule has 2 aromatic rings. The first-order chi connectivity index (χ1) is 13.9. The number of carbonyl (C=O) groups is 3. The van der Waals surface area contributed by atoms with Crippen LogP contribution in [0.15, 0.2) is 41.0 Å². The molecular formula is C20H19F2N3O4. The fourth-order valence-electron chi connectivity index (χ4n) is 3.56. The van der Waals surface area contributed by atoms with Gasteiger partial charge in [-0.3, -0.25) is 14.4 Å². The molecule has 7 nitrogen and oxygen atoms in total. The van der Waals surface area contributed by atoms with Gasteiger partial charge in [0.05, 0.1) is 12.2 Å². The average Bonchev–Trinajstić information content (AvgIpc) is 3.23. The molecule has 1 aromatic carbocycles. The van der Waals surface area contributed by atoms with Crippen molar-refractivity contribution in [3.8, 4) is 0 Å². The smallest absolute Gasteiger partial charge is 0.289 e. The van der Waals surface area contributed by atoms with Crippen molar-refractivity contribution in [1.29, 1.82) is 0 Å². The third-order valence-electron chi connectivity index (χ3n) is 5.30. The molecule has 3 amide bonds. The third-order valence-corrected chi connectivity index (χ3v) is 5.30. The molecule has 0 bridgehead atoms. The molecule has 0 atom stereocenters. The maximum atomic E-state index is 13.3. The summed E-state index contributed by atoms with van der Waals surface area (Å²) >= 11 is 0. The lowest BCUT2D eigenvalue weighted by atomic mass is 9.96. The van der Waals surface area contributed by atoms with Gasteiger partial charge in [-0.1, -0.05) is 0 Å². The van der Waals surface area contributed by atoms with E-state index >= 15 is 0 Å². The van der Waals surface area contributed by atoms with E-state index in [2.05, 4.69) is 0 Å². The van der Waals surface area contributed by atoms with Crippen LogP contribution < -0.4 is 0 Å². The zero-order chi connectivity index (χ0) is 20.5. The number of halogens is 2. The highest BCUT2D eigenvalue weighted by atomic mass is 19.2. The van der Waals surface area contributed by atoms with Gasteiger partial charge in [-0.25, -0.2) is 8.78 Å². The molecule has 4 rings (SSSR count). The summed E-state index contributed by atoms with van der Waals surface area (Å²) in [7, 11) is 0. The van der Waals surface area contributed by atoms with Gasteiger partial charge in [0, 0.05) is 44.8 Å². The van der Waals surface area contributed by atoms with Crippen molar-refractivity contribution in [3.05, 3.63) is 59.6 Å². The Morgan fingerprint density at radius 1 is 0.862 bits per heavy atom. The van der Waals surface area contributed by atoms with E-state index in [1.165, 1.54) is 17.2 Å². The molecule has 2 saturated heterocycles. The lowest BCUT2D eigenvalue weighted by Gasteiger charge is -2.42. The van der Waals surface area contributed by atoms with Gasteiger partial charge in [0.2, 0.25) is 5.91 Å². The van der Waals surface area contributed by atoms with Crippen LogP contribution in [0.4, 0.5) is 8.78 Å². The number of benzene rings is 1. The van der Waals surface area contributed by atoms with Crippen LogP contribution in [0, 0.1) is 17.6 Å². The zero-order valence-electron chi connectivity index (χ0n) is 15.5. The largest absolute Gasteiger partial charge is 0.459 e. The van der Waals surface area contributed by atoms with Gasteiger partial charge in [-0.2, -0.15) is 0 Å². The van der Waals surface area contributed by atoms with Crippen molar-refractivity contribution >= 4 is 17.7 Å². The summed E-state index contributed by atoms with van der Waals surface area (Å²) in [4.78, 5) is 42.0. The van der Waals surface area contributed by atoms with Crippen molar-refractivity contribution in [2.24, 2.45) is 5.92 Å². The van der Waals surface area contributed by atoms with Gasteiger partial charge in [0.25, 0.3) is 11.8 Å². The number of amides is 3. The number of carbonyl (C=O) groups excluding carboxylic acids is 3. The SMILES string of the molecule is O=C(c1ccc(F)c(F)c1)N1CC(C(=O)N2CCN(C(=O)c3ccco3)CC2)C1. The lowest BCUT2D eigenvalue weighted by Crippen LogP contribution is -2.59. The predicted octanol–water partition coefficient (Wildman–Crippen LogP) is 1.61. The molecule has 2 aliphatic rings. The molecule has 3 heterocycles. The highest BCUT2D eigenvalue weighted by molar-refractivity contribution is 5.96. The Labute approximate surface area is 165 Å². The normalized spacial score (nSPS) is 17.2. The molecule has 2 aliphatic heterocycles. The minimum absolute atomic E-state index is 0.0554. The van der Waals surface area contributed by atoms with E-state index < -0.39 is 17.5 Å². The Kier molecular flexibility index (Phi) is 5.04. The van der Waals surface area contributed by atoms with E-state index in [1.807, 2.05) is 0 Å². The summed E-state index contributed by atoms with van der Waals surface area (Å²) < 4.78 is 31.4. The van der Waals surface area contributed by atoms with Crippen LogP contribution in [-0.2, 0) is 4.79 Å². The lowest BCUT2D eigenvalue weighted by molar-refractivity contribution is -0.141. The second-order valence-electron chi connectivity index (χ2n) is 7.13. The standard InChI is InChI=1S/C20H19F2N3O4/c21-15-4-3-13(10-16(15)22)18(26)25-11-14(12-25)19(27)23-5-7-24(8-6-23)20(28)17-2-1-9-29-17/h1-4,9-10,14H,5-8,11-12H2. The molecular weight excluding hydrogens is 384 g/mol. The quantitative estimate of drug-likeness (QED) is 0.781. The summed E-state index contributed by atoms with van der Waals surface area (Å²) in [5.41, 5.74) is 0.0554. The second-order valence-corrected chi connectivity index (χ2v) is 7.13. The van der Waals surface area contributed by atoms with Crippen LogP contribution in [0.3, 0.4) is 0 Å². The fourth-order valence-corrected chi connectivity index (χ4v) is 3.56. The van der Waals surface area contributed by atoms with Gasteiger partial charge < -0.3 is 19.1 Å². The topological polar surface area (TPSA) is 74.1 Å². The van der Waals surface area contributed by atoms with Crippen molar-refractivity contribution in [3.63, 3.8) is 0 Å². The number of furan rings is 1. The maximum absolute atomic E-state index is 13.3. The molecule has 152 valence electrons. The molecule has 0 unspecified atom stereocenters. The second kappa shape index (κ2) is 7.65. The van der Waals surface area contributed by atoms with Crippen molar-refractivity contribution < 1.29 is 27.6 Å². The van der Waals surface area contributed by atoms with Crippen molar-refractivity contribution in [1.82, 2.24) is 14.7 Å². The number of likely N-dealkylation sites (tertiary alicyclic amines) is 1. The van der Waals surface area contributed by atoms with Crippen molar-refractivity contribution in [2.45, 2.75) is 0 Å². The number of rotatable bonds is 3. The minimum Gasteiger partial charge on any atom is -0.459 e. The van der Waals surface area contributed by atoms with Crippen molar-refractivity contribution in [2.75, 3.05) is 39.3 Å². The number of hydrogen-bond donors (Lipinski definition) is 0. The van der Waals surface area contributed by atoms with E-state index in [0.29, 0.717) is 26.2 Å². The number of piperazine rings is 1. The molecule has 0 radical (unpaired) electrons. The van der Waals surface area contributed by atoms with Crippen LogP contribution in [0.5, 0.6) is 0 Å². The molecule has 2 fully saturated rings. The number of hydrogen-bond acceptors (Lipinski definition) is 4. The number of nitrogens with zero attached hydrogens (tertiary/aromatic N) is 3. The van der Waals surface area contributed by atoms with E-state index in [0.717, 1.165) is 12.1 Å². The highest BCUT2D eigenvalue weighted by Crippen LogP contribution is 2.22. The zero-order valence-corrected chi connectivity index (χ0v) is 15.5. The summed E-state index contributed by atoms with van der Waals surface area (Å²) in [6, 6.07) is 6.26. The average molecular weight is 403 g/mol. The molecule has 0 spiro atoms. The Hall–Kier alpha value is -3.23. The van der Waals surface area contributed by atoms with Gasteiger partial charge in [-0.15, -0.1) is 0 Å². The monoisotopic (exact) mass is 403 g/mol. The molecule has 0 saturated carbocycles. The van der Waals surface area contributed by atoms with E-state index in [-0.39, 0.29) is 42.1 Å². The van der Waals surface area contributed by atoms with E-state index in [9.17, 15) is 23.2 Å². The molecule has 9 heteroatoms. The molecule has 29 heavy (non-hydrogen) atoms. The highest BCUT2D eigenvalue weighted by Gasteiger charge is 2.39. The van der Waals surface area contributed by atoms with Gasteiger partial charge in [0.1, 0.15) is 0 Å². The third kappa shape index (κ3) is 3.72. The predicted molar refractivity (Wildman–Crippen MR) is 96.9 cm³/mol. The molecule has 1 aromatic heterocycles. The fraction of sp³-hybridized carbons (Fsp3) is 0.350. The maximum Gasteiger partial charge on any atom is 0.289 e. The summed E-state index contributed by atoms with van der Waals surface area (Å²) in [5, 5.41) is 0. The summed E-state index contributed by atoms with van der Waals surface area (Å²) in [5.74, 6) is -2.83. The molecule has 0 N–H and O–H groups in total.